The van der Waals surface area contributed by atoms with Crippen molar-refractivity contribution in [2.75, 3.05) is 13.6 Å². The first kappa shape index (κ1) is 14.5. The molecule has 0 aliphatic rings. The van der Waals surface area contributed by atoms with Crippen molar-refractivity contribution in [3.8, 4) is 5.75 Å². The van der Waals surface area contributed by atoms with E-state index in [2.05, 4.69) is 6.92 Å². The Morgan fingerprint density at radius 1 is 1.33 bits per heavy atom. The second kappa shape index (κ2) is 6.40. The Bertz CT molecular complexity index is 389. The summed E-state index contributed by atoms with van der Waals surface area (Å²) in [5.74, 6) is -0.918. The molecule has 0 saturated carbocycles. The summed E-state index contributed by atoms with van der Waals surface area (Å²) < 4.78 is 0. The molecule has 0 spiro atoms. The predicted molar refractivity (Wildman–Crippen MR) is 70.6 cm³/mol. The molecular formula is C14H21NO3. The molecule has 100 valence electrons. The fourth-order valence-electron chi connectivity index (χ4n) is 2.14. The molecular weight excluding hydrogens is 230 g/mol. The number of aliphatic carboxylic acids is 1. The van der Waals surface area contributed by atoms with Crippen molar-refractivity contribution in [2.45, 2.75) is 26.3 Å². The molecule has 0 amide bonds. The van der Waals surface area contributed by atoms with Gasteiger partial charge in [0, 0.05) is 12.6 Å². The average Bonchev–Trinajstić information content (AvgIpc) is 2.32. The zero-order valence-corrected chi connectivity index (χ0v) is 11.1. The summed E-state index contributed by atoms with van der Waals surface area (Å²) in [7, 11) is 1.93. The summed E-state index contributed by atoms with van der Waals surface area (Å²) in [6.45, 7) is 4.29. The van der Waals surface area contributed by atoms with Gasteiger partial charge in [-0.3, -0.25) is 9.69 Å². The Morgan fingerprint density at radius 2 is 1.89 bits per heavy atom. The first-order valence-electron chi connectivity index (χ1n) is 6.17. The lowest BCUT2D eigenvalue weighted by atomic mass is 10.0. The minimum Gasteiger partial charge on any atom is -0.508 e. The largest absolute Gasteiger partial charge is 0.508 e. The van der Waals surface area contributed by atoms with Gasteiger partial charge in [-0.25, -0.2) is 0 Å². The zero-order chi connectivity index (χ0) is 13.7. The van der Waals surface area contributed by atoms with Crippen LogP contribution in [0.1, 0.15) is 31.9 Å². The van der Waals surface area contributed by atoms with Gasteiger partial charge >= 0.3 is 5.97 Å². The molecule has 0 fully saturated rings. The number of hydrogen-bond acceptors (Lipinski definition) is 3. The monoisotopic (exact) mass is 251 g/mol. The third-order valence-corrected chi connectivity index (χ3v) is 3.18. The van der Waals surface area contributed by atoms with Gasteiger partial charge in [-0.2, -0.15) is 0 Å². The van der Waals surface area contributed by atoms with Crippen molar-refractivity contribution >= 4 is 5.97 Å². The Labute approximate surface area is 108 Å². The molecule has 0 saturated heterocycles. The first-order valence-corrected chi connectivity index (χ1v) is 6.17. The molecule has 2 unspecified atom stereocenters. The van der Waals surface area contributed by atoms with Crippen LogP contribution in [0.2, 0.25) is 0 Å². The van der Waals surface area contributed by atoms with Gasteiger partial charge in [0.05, 0.1) is 5.92 Å². The molecule has 2 atom stereocenters. The van der Waals surface area contributed by atoms with Gasteiger partial charge in [0.2, 0.25) is 0 Å². The van der Waals surface area contributed by atoms with Crippen molar-refractivity contribution < 1.29 is 15.0 Å². The lowest BCUT2D eigenvalue weighted by Gasteiger charge is -2.28. The highest BCUT2D eigenvalue weighted by Gasteiger charge is 2.20. The molecule has 0 heterocycles. The number of benzene rings is 1. The van der Waals surface area contributed by atoms with Crippen LogP contribution in [0.15, 0.2) is 24.3 Å². The van der Waals surface area contributed by atoms with E-state index in [0.29, 0.717) is 6.54 Å². The summed E-state index contributed by atoms with van der Waals surface area (Å²) in [5.41, 5.74) is 1.09. The number of phenols is 1. The van der Waals surface area contributed by atoms with E-state index in [4.69, 9.17) is 5.11 Å². The summed E-state index contributed by atoms with van der Waals surface area (Å²) in [4.78, 5) is 12.9. The van der Waals surface area contributed by atoms with E-state index in [0.717, 1.165) is 12.0 Å². The van der Waals surface area contributed by atoms with Crippen LogP contribution in [0.4, 0.5) is 0 Å². The van der Waals surface area contributed by atoms with Gasteiger partial charge in [-0.1, -0.05) is 26.0 Å². The van der Waals surface area contributed by atoms with Crippen LogP contribution in [0.5, 0.6) is 5.75 Å². The Kier molecular flexibility index (Phi) is 5.16. The highest BCUT2D eigenvalue weighted by Crippen LogP contribution is 2.25. The number of nitrogens with zero attached hydrogens (tertiary/aromatic N) is 1. The van der Waals surface area contributed by atoms with Crippen molar-refractivity contribution in [3.63, 3.8) is 0 Å². The fourth-order valence-corrected chi connectivity index (χ4v) is 2.14. The number of aromatic hydroxyl groups is 1. The lowest BCUT2D eigenvalue weighted by molar-refractivity contribution is -0.141. The van der Waals surface area contributed by atoms with Crippen molar-refractivity contribution in [1.82, 2.24) is 4.90 Å². The third-order valence-electron chi connectivity index (χ3n) is 3.18. The zero-order valence-electron chi connectivity index (χ0n) is 11.1. The molecule has 2 N–H and O–H groups in total. The van der Waals surface area contributed by atoms with Crippen molar-refractivity contribution in [1.29, 1.82) is 0 Å². The van der Waals surface area contributed by atoms with E-state index >= 15 is 0 Å². The maximum atomic E-state index is 10.9. The third kappa shape index (κ3) is 3.74. The van der Waals surface area contributed by atoms with Gasteiger partial charge in [-0.05, 0) is 31.2 Å². The molecule has 4 nitrogen and oxygen atoms in total. The second-order valence-corrected chi connectivity index (χ2v) is 4.69. The molecule has 0 radical (unpaired) electrons. The summed E-state index contributed by atoms with van der Waals surface area (Å²) in [6, 6.07) is 7.25. The molecule has 0 aliphatic carbocycles. The maximum absolute atomic E-state index is 10.9. The highest BCUT2D eigenvalue weighted by molar-refractivity contribution is 5.69. The second-order valence-electron chi connectivity index (χ2n) is 4.69. The minimum atomic E-state index is -0.776. The summed E-state index contributed by atoms with van der Waals surface area (Å²) >= 11 is 0. The molecule has 0 aromatic heterocycles. The SMILES string of the molecule is CCC(c1ccc(O)cc1)N(C)CC(C)C(=O)O. The van der Waals surface area contributed by atoms with Crippen LogP contribution in [0, 0.1) is 5.92 Å². The molecule has 1 aromatic rings. The van der Waals surface area contributed by atoms with Crippen LogP contribution in [-0.2, 0) is 4.79 Å². The smallest absolute Gasteiger partial charge is 0.307 e. The van der Waals surface area contributed by atoms with Crippen molar-refractivity contribution in [2.24, 2.45) is 5.92 Å². The molecule has 4 heteroatoms. The van der Waals surface area contributed by atoms with E-state index in [1.165, 1.54) is 0 Å². The fraction of sp³-hybridized carbons (Fsp3) is 0.500. The first-order chi connectivity index (χ1) is 8.45. The Morgan fingerprint density at radius 3 is 2.33 bits per heavy atom. The van der Waals surface area contributed by atoms with Crippen LogP contribution >= 0.6 is 0 Å². The number of carbonyl (C=O) groups is 1. The van der Waals surface area contributed by atoms with E-state index in [1.54, 1.807) is 19.1 Å². The van der Waals surface area contributed by atoms with Gasteiger partial charge in [0.1, 0.15) is 5.75 Å². The highest BCUT2D eigenvalue weighted by atomic mass is 16.4. The van der Waals surface area contributed by atoms with E-state index in [-0.39, 0.29) is 17.7 Å². The van der Waals surface area contributed by atoms with E-state index < -0.39 is 5.97 Å². The maximum Gasteiger partial charge on any atom is 0.307 e. The number of hydrogen-bond donors (Lipinski definition) is 2. The van der Waals surface area contributed by atoms with Crippen LogP contribution in [0.25, 0.3) is 0 Å². The molecule has 18 heavy (non-hydrogen) atoms. The Balaban J connectivity index is 2.76. The average molecular weight is 251 g/mol. The molecule has 0 bridgehead atoms. The number of carboxylic acid groups (broad SMARTS) is 1. The minimum absolute atomic E-state index is 0.174. The van der Waals surface area contributed by atoms with Gasteiger partial charge in [-0.15, -0.1) is 0 Å². The lowest BCUT2D eigenvalue weighted by Crippen LogP contribution is -2.31. The Hall–Kier alpha value is -1.55. The summed E-state index contributed by atoms with van der Waals surface area (Å²) in [5, 5.41) is 18.2. The van der Waals surface area contributed by atoms with Gasteiger partial charge in [0.25, 0.3) is 0 Å². The van der Waals surface area contributed by atoms with E-state index in [1.807, 2.05) is 24.1 Å². The predicted octanol–water partition coefficient (Wildman–Crippen LogP) is 2.50. The van der Waals surface area contributed by atoms with Crippen LogP contribution in [0.3, 0.4) is 0 Å². The van der Waals surface area contributed by atoms with Crippen LogP contribution < -0.4 is 0 Å². The normalized spacial score (nSPS) is 14.4. The number of phenolic OH excluding ortho intramolecular Hbond substituents is 1. The van der Waals surface area contributed by atoms with Crippen molar-refractivity contribution in [3.05, 3.63) is 29.8 Å². The standard InChI is InChI=1S/C14H21NO3/c1-4-13(11-5-7-12(16)8-6-11)15(3)9-10(2)14(17)18/h5-8,10,13,16H,4,9H2,1-3H3,(H,17,18). The topological polar surface area (TPSA) is 60.8 Å². The molecule has 1 aromatic carbocycles. The number of carboxylic acids is 1. The summed E-state index contributed by atoms with van der Waals surface area (Å²) in [6.07, 6.45) is 0.896. The van der Waals surface area contributed by atoms with E-state index in [9.17, 15) is 9.90 Å². The quantitative estimate of drug-likeness (QED) is 0.815. The molecule has 1 rings (SSSR count). The van der Waals surface area contributed by atoms with Gasteiger partial charge in [0.15, 0.2) is 0 Å². The molecule has 0 aliphatic heterocycles. The van der Waals surface area contributed by atoms with Gasteiger partial charge < -0.3 is 10.2 Å². The number of rotatable bonds is 6. The van der Waals surface area contributed by atoms with Crippen LogP contribution in [-0.4, -0.2) is 34.7 Å².